The molecule has 0 aliphatic carbocycles. The van der Waals surface area contributed by atoms with E-state index in [0.717, 1.165) is 5.56 Å². The van der Waals surface area contributed by atoms with Crippen LogP contribution in [0.4, 0.5) is 5.69 Å². The van der Waals surface area contributed by atoms with Crippen molar-refractivity contribution in [1.29, 1.82) is 0 Å². The van der Waals surface area contributed by atoms with Gasteiger partial charge >= 0.3 is 0 Å². The number of rotatable bonds is 6. The molecule has 0 fully saturated rings. The zero-order chi connectivity index (χ0) is 19.6. The molecule has 140 valence electrons. The molecule has 0 saturated carbocycles. The van der Waals surface area contributed by atoms with E-state index in [1.165, 1.54) is 12.0 Å². The minimum Gasteiger partial charge on any atom is -0.503 e. The molecule has 1 heterocycles. The number of benzene rings is 2. The van der Waals surface area contributed by atoms with Crippen molar-refractivity contribution in [3.05, 3.63) is 71.5 Å². The molecule has 0 bridgehead atoms. The molecular formula is C22H23NO4. The summed E-state index contributed by atoms with van der Waals surface area (Å²) in [7, 11) is 1.52. The Labute approximate surface area is 158 Å². The molecule has 1 N–H and O–H groups in total. The second-order valence-corrected chi connectivity index (χ2v) is 6.94. The van der Waals surface area contributed by atoms with Crippen molar-refractivity contribution in [3.8, 4) is 5.75 Å². The number of amides is 1. The molecule has 1 atom stereocenters. The number of methoxy groups -OCH3 is 1. The van der Waals surface area contributed by atoms with Crippen LogP contribution in [0.25, 0.3) is 0 Å². The van der Waals surface area contributed by atoms with Crippen LogP contribution in [0.15, 0.2) is 65.9 Å². The number of nitrogens with zero attached hydrogens (tertiary/aromatic N) is 1. The van der Waals surface area contributed by atoms with Crippen LogP contribution in [-0.4, -0.2) is 23.9 Å². The number of anilines is 1. The maximum atomic E-state index is 13.0. The smallest absolute Gasteiger partial charge is 0.294 e. The van der Waals surface area contributed by atoms with E-state index in [9.17, 15) is 14.7 Å². The Hall–Kier alpha value is -3.08. The van der Waals surface area contributed by atoms with Gasteiger partial charge in [-0.25, -0.2) is 0 Å². The second kappa shape index (κ2) is 7.66. The van der Waals surface area contributed by atoms with Crippen LogP contribution in [0.5, 0.6) is 5.75 Å². The molecule has 1 unspecified atom stereocenters. The van der Waals surface area contributed by atoms with Gasteiger partial charge in [0.05, 0.1) is 24.4 Å². The van der Waals surface area contributed by atoms with Gasteiger partial charge in [0.1, 0.15) is 5.75 Å². The molecule has 0 saturated heterocycles. The number of aliphatic hydroxyl groups is 1. The molecule has 5 nitrogen and oxygen atoms in total. The molecule has 2 aromatic carbocycles. The summed E-state index contributed by atoms with van der Waals surface area (Å²) >= 11 is 0. The van der Waals surface area contributed by atoms with Gasteiger partial charge in [-0.15, -0.1) is 0 Å². The van der Waals surface area contributed by atoms with Crippen molar-refractivity contribution >= 4 is 17.4 Å². The third-order valence-electron chi connectivity index (χ3n) is 4.56. The van der Waals surface area contributed by atoms with E-state index in [0.29, 0.717) is 11.4 Å². The number of carbonyl (C=O) groups excluding carboxylic acids is 2. The highest BCUT2D eigenvalue weighted by Crippen LogP contribution is 2.44. The van der Waals surface area contributed by atoms with Crippen LogP contribution in [0.3, 0.4) is 0 Å². The number of para-hydroxylation sites is 2. The molecule has 1 amide bonds. The average Bonchev–Trinajstić information content (AvgIpc) is 2.93. The minimum absolute atomic E-state index is 0.115. The predicted molar refractivity (Wildman–Crippen MR) is 104 cm³/mol. The number of Topliss-reactive ketones (excluding diaryl/α,β-unsaturated/α-hetero) is 1. The molecule has 27 heavy (non-hydrogen) atoms. The van der Waals surface area contributed by atoms with Gasteiger partial charge in [0.2, 0.25) is 0 Å². The summed E-state index contributed by atoms with van der Waals surface area (Å²) < 4.78 is 5.41. The summed E-state index contributed by atoms with van der Waals surface area (Å²) in [6.07, 6.45) is 0.260. The number of ketones is 1. The van der Waals surface area contributed by atoms with Crippen LogP contribution >= 0.6 is 0 Å². The maximum Gasteiger partial charge on any atom is 0.294 e. The molecule has 0 spiro atoms. The summed E-state index contributed by atoms with van der Waals surface area (Å²) in [5.41, 5.74) is 1.41. The molecule has 2 aromatic rings. The van der Waals surface area contributed by atoms with Gasteiger partial charge in [-0.05, 0) is 23.6 Å². The van der Waals surface area contributed by atoms with E-state index < -0.39 is 17.7 Å². The number of carbonyl (C=O) groups is 2. The molecule has 0 aromatic heterocycles. The highest BCUT2D eigenvalue weighted by Gasteiger charge is 2.44. The predicted octanol–water partition coefficient (Wildman–Crippen LogP) is 4.21. The maximum absolute atomic E-state index is 13.0. The molecule has 0 radical (unpaired) electrons. The Balaban J connectivity index is 2.17. The first-order valence-corrected chi connectivity index (χ1v) is 8.93. The molecule has 3 rings (SSSR count). The quantitative estimate of drug-likeness (QED) is 0.833. The van der Waals surface area contributed by atoms with Crippen LogP contribution in [0.1, 0.15) is 31.9 Å². The van der Waals surface area contributed by atoms with Crippen molar-refractivity contribution in [2.45, 2.75) is 26.3 Å². The summed E-state index contributed by atoms with van der Waals surface area (Å²) in [5.74, 6) is -0.690. The van der Waals surface area contributed by atoms with E-state index in [1.807, 2.05) is 44.2 Å². The van der Waals surface area contributed by atoms with Crippen molar-refractivity contribution in [3.63, 3.8) is 0 Å². The third kappa shape index (κ3) is 3.45. The molecule has 1 aliphatic heterocycles. The lowest BCUT2D eigenvalue weighted by Gasteiger charge is -2.28. The second-order valence-electron chi connectivity index (χ2n) is 6.94. The van der Waals surface area contributed by atoms with Crippen LogP contribution in [-0.2, 0) is 9.59 Å². The Kier molecular flexibility index (Phi) is 5.31. The van der Waals surface area contributed by atoms with Gasteiger partial charge in [0, 0.05) is 6.42 Å². The number of hydrogen-bond donors (Lipinski definition) is 1. The van der Waals surface area contributed by atoms with Crippen LogP contribution in [0, 0.1) is 5.92 Å². The summed E-state index contributed by atoms with van der Waals surface area (Å²) in [4.78, 5) is 27.3. The number of hydrogen-bond acceptors (Lipinski definition) is 4. The van der Waals surface area contributed by atoms with Crippen molar-refractivity contribution < 1.29 is 19.4 Å². The van der Waals surface area contributed by atoms with Gasteiger partial charge in [0.25, 0.3) is 5.91 Å². The van der Waals surface area contributed by atoms with E-state index in [2.05, 4.69) is 0 Å². The Morgan fingerprint density at radius 3 is 2.37 bits per heavy atom. The van der Waals surface area contributed by atoms with Gasteiger partial charge in [-0.1, -0.05) is 56.3 Å². The Morgan fingerprint density at radius 2 is 1.74 bits per heavy atom. The Bertz CT molecular complexity index is 886. The monoisotopic (exact) mass is 365 g/mol. The summed E-state index contributed by atoms with van der Waals surface area (Å²) in [6.45, 7) is 3.86. The number of ether oxygens (including phenoxy) is 1. The lowest BCUT2D eigenvalue weighted by atomic mass is 9.92. The van der Waals surface area contributed by atoms with Gasteiger partial charge in [-0.3, -0.25) is 14.5 Å². The average molecular weight is 365 g/mol. The SMILES string of the molecule is COc1ccccc1N1C(=O)C(O)=C(C(=O)CC(C)C)C1c1ccccc1. The zero-order valence-electron chi connectivity index (χ0n) is 15.7. The van der Waals surface area contributed by atoms with Crippen molar-refractivity contribution in [2.24, 2.45) is 5.92 Å². The van der Waals surface area contributed by atoms with Gasteiger partial charge in [0.15, 0.2) is 11.5 Å². The first-order valence-electron chi connectivity index (χ1n) is 8.93. The zero-order valence-corrected chi connectivity index (χ0v) is 15.7. The van der Waals surface area contributed by atoms with Crippen molar-refractivity contribution in [1.82, 2.24) is 0 Å². The topological polar surface area (TPSA) is 66.8 Å². The third-order valence-corrected chi connectivity index (χ3v) is 4.56. The summed E-state index contributed by atoms with van der Waals surface area (Å²) in [5, 5.41) is 10.6. The molecule has 5 heteroatoms. The Morgan fingerprint density at radius 1 is 1.11 bits per heavy atom. The lowest BCUT2D eigenvalue weighted by Crippen LogP contribution is -2.31. The lowest BCUT2D eigenvalue weighted by molar-refractivity contribution is -0.118. The standard InChI is InChI=1S/C22H23NO4/c1-14(2)13-17(24)19-20(15-9-5-4-6-10-15)23(22(26)21(19)25)16-11-7-8-12-18(16)27-3/h4-12,14,20,25H,13H2,1-3H3. The first kappa shape index (κ1) is 18.7. The minimum atomic E-state index is -0.693. The summed E-state index contributed by atoms with van der Waals surface area (Å²) in [6, 6.07) is 15.7. The molecular weight excluding hydrogens is 342 g/mol. The fraction of sp³-hybridized carbons (Fsp3) is 0.273. The fourth-order valence-corrected chi connectivity index (χ4v) is 3.40. The fourth-order valence-electron chi connectivity index (χ4n) is 3.40. The van der Waals surface area contributed by atoms with Crippen LogP contribution < -0.4 is 9.64 Å². The highest BCUT2D eigenvalue weighted by molar-refractivity contribution is 6.17. The van der Waals surface area contributed by atoms with Gasteiger partial charge in [-0.2, -0.15) is 0 Å². The number of aliphatic hydroxyl groups excluding tert-OH is 1. The van der Waals surface area contributed by atoms with E-state index in [4.69, 9.17) is 4.74 Å². The highest BCUT2D eigenvalue weighted by atomic mass is 16.5. The van der Waals surface area contributed by atoms with E-state index in [-0.39, 0.29) is 23.7 Å². The van der Waals surface area contributed by atoms with E-state index in [1.54, 1.807) is 24.3 Å². The van der Waals surface area contributed by atoms with Crippen LogP contribution in [0.2, 0.25) is 0 Å². The normalized spacial score (nSPS) is 17.0. The van der Waals surface area contributed by atoms with Crippen molar-refractivity contribution in [2.75, 3.05) is 12.0 Å². The first-order chi connectivity index (χ1) is 13.0. The van der Waals surface area contributed by atoms with E-state index >= 15 is 0 Å². The largest absolute Gasteiger partial charge is 0.503 e. The van der Waals surface area contributed by atoms with Gasteiger partial charge < -0.3 is 9.84 Å². The molecule has 1 aliphatic rings.